The fourth-order valence-electron chi connectivity index (χ4n) is 4.06. The normalized spacial score (nSPS) is 17.5. The zero-order chi connectivity index (χ0) is 21.5. The van der Waals surface area contributed by atoms with Gasteiger partial charge in [-0.15, -0.1) is 0 Å². The third kappa shape index (κ3) is 3.72. The van der Waals surface area contributed by atoms with E-state index in [0.717, 1.165) is 25.7 Å². The van der Waals surface area contributed by atoms with Crippen molar-refractivity contribution < 1.29 is 22.7 Å². The summed E-state index contributed by atoms with van der Waals surface area (Å²) < 4.78 is 35.4. The molecule has 2 heterocycles. The van der Waals surface area contributed by atoms with E-state index in [1.165, 1.54) is 17.9 Å². The number of ether oxygens (including phenoxy) is 1. The van der Waals surface area contributed by atoms with Crippen molar-refractivity contribution in [3.63, 3.8) is 0 Å². The molecular formula is C20H24N4O5S. The number of methoxy groups -OCH3 is 1. The second-order valence-electron chi connectivity index (χ2n) is 7.63. The van der Waals surface area contributed by atoms with E-state index in [1.807, 2.05) is 0 Å². The molecule has 1 amide bonds. The van der Waals surface area contributed by atoms with Crippen LogP contribution in [0, 0.1) is 6.92 Å². The van der Waals surface area contributed by atoms with Crippen LogP contribution in [0.3, 0.4) is 0 Å². The minimum Gasteiger partial charge on any atom is -0.495 e. The number of hydrogen-bond donors (Lipinski definition) is 2. The van der Waals surface area contributed by atoms with Crippen LogP contribution in [-0.2, 0) is 14.8 Å². The van der Waals surface area contributed by atoms with Crippen molar-refractivity contribution >= 4 is 27.7 Å². The third-order valence-corrected chi connectivity index (χ3v) is 7.08. The minimum atomic E-state index is -3.82. The number of amides is 1. The predicted octanol–water partition coefficient (Wildman–Crippen LogP) is 2.46. The Labute approximate surface area is 174 Å². The first-order chi connectivity index (χ1) is 14.3. The molecular weight excluding hydrogens is 408 g/mol. The van der Waals surface area contributed by atoms with Crippen LogP contribution in [0.15, 0.2) is 23.1 Å². The number of fused-ring (bicyclic) bond motifs is 1. The van der Waals surface area contributed by atoms with Gasteiger partial charge in [0.15, 0.2) is 0 Å². The summed E-state index contributed by atoms with van der Waals surface area (Å²) in [6.45, 7) is 1.71. The summed E-state index contributed by atoms with van der Waals surface area (Å²) in [5.41, 5.74) is 1.55. The average molecular weight is 433 g/mol. The number of nitrogens with zero attached hydrogens (tertiary/aromatic N) is 2. The molecule has 1 fully saturated rings. The zero-order valence-electron chi connectivity index (χ0n) is 16.9. The summed E-state index contributed by atoms with van der Waals surface area (Å²) in [5, 5.41) is 7.01. The molecule has 0 atom stereocenters. The molecule has 30 heavy (non-hydrogen) atoms. The van der Waals surface area contributed by atoms with Gasteiger partial charge in [-0.05, 0) is 37.5 Å². The topological polar surface area (TPSA) is 119 Å². The standard InChI is InChI=1S/C20H24N4O5S/c1-12-19(20-21-17(25)9-10-18(26)24(20)22-12)13-7-8-15(29-2)16(11-13)30(27,28)23-14-5-3-4-6-14/h7-8,11,14,23H,3-6,9-10H2,1-2H3,(H,21,25). The number of carbonyl (C=O) groups is 2. The highest BCUT2D eigenvalue weighted by Gasteiger charge is 2.29. The maximum absolute atomic E-state index is 13.1. The molecule has 160 valence electrons. The van der Waals surface area contributed by atoms with Crippen molar-refractivity contribution in [3.05, 3.63) is 23.9 Å². The van der Waals surface area contributed by atoms with Gasteiger partial charge in [0.2, 0.25) is 21.8 Å². The van der Waals surface area contributed by atoms with Gasteiger partial charge in [0.1, 0.15) is 16.5 Å². The molecule has 1 aliphatic heterocycles. The van der Waals surface area contributed by atoms with E-state index < -0.39 is 10.0 Å². The Hall–Kier alpha value is -2.72. The lowest BCUT2D eigenvalue weighted by molar-refractivity contribution is -0.116. The van der Waals surface area contributed by atoms with Crippen molar-refractivity contribution in [1.29, 1.82) is 0 Å². The van der Waals surface area contributed by atoms with Crippen molar-refractivity contribution in [3.8, 4) is 16.9 Å². The number of benzene rings is 1. The van der Waals surface area contributed by atoms with E-state index in [1.54, 1.807) is 19.1 Å². The maximum Gasteiger partial charge on any atom is 0.249 e. The highest BCUT2D eigenvalue weighted by atomic mass is 32.2. The van der Waals surface area contributed by atoms with Crippen LogP contribution in [0.5, 0.6) is 5.75 Å². The molecule has 2 aliphatic rings. The molecule has 0 saturated heterocycles. The zero-order valence-corrected chi connectivity index (χ0v) is 17.7. The van der Waals surface area contributed by atoms with Gasteiger partial charge in [0.25, 0.3) is 0 Å². The Morgan fingerprint density at radius 2 is 1.93 bits per heavy atom. The number of nitrogens with one attached hydrogen (secondary N) is 2. The van der Waals surface area contributed by atoms with Gasteiger partial charge >= 0.3 is 0 Å². The van der Waals surface area contributed by atoms with Crippen molar-refractivity contribution in [2.75, 3.05) is 12.4 Å². The molecule has 4 rings (SSSR count). The number of anilines is 1. The maximum atomic E-state index is 13.1. The minimum absolute atomic E-state index is 0.0139. The lowest BCUT2D eigenvalue weighted by Gasteiger charge is -2.16. The summed E-state index contributed by atoms with van der Waals surface area (Å²) in [6, 6.07) is 4.68. The Morgan fingerprint density at radius 1 is 1.20 bits per heavy atom. The molecule has 0 bridgehead atoms. The lowest BCUT2D eigenvalue weighted by atomic mass is 10.1. The quantitative estimate of drug-likeness (QED) is 0.749. The molecule has 10 heteroatoms. The van der Waals surface area contributed by atoms with E-state index in [0.29, 0.717) is 16.8 Å². The largest absolute Gasteiger partial charge is 0.495 e. The molecule has 1 aromatic heterocycles. The summed E-state index contributed by atoms with van der Waals surface area (Å²) >= 11 is 0. The predicted molar refractivity (Wildman–Crippen MR) is 110 cm³/mol. The smallest absolute Gasteiger partial charge is 0.249 e. The molecule has 2 aromatic rings. The van der Waals surface area contributed by atoms with E-state index >= 15 is 0 Å². The van der Waals surface area contributed by atoms with Crippen molar-refractivity contribution in [2.24, 2.45) is 0 Å². The van der Waals surface area contributed by atoms with Crippen LogP contribution in [0.1, 0.15) is 49.0 Å². The fraction of sp³-hybridized carbons (Fsp3) is 0.450. The van der Waals surface area contributed by atoms with Crippen LogP contribution in [0.2, 0.25) is 0 Å². The van der Waals surface area contributed by atoms with Crippen molar-refractivity contribution in [2.45, 2.75) is 56.4 Å². The fourth-order valence-corrected chi connectivity index (χ4v) is 5.56. The van der Waals surface area contributed by atoms with E-state index in [4.69, 9.17) is 4.74 Å². The highest BCUT2D eigenvalue weighted by Crippen LogP contribution is 2.37. The summed E-state index contributed by atoms with van der Waals surface area (Å²) in [7, 11) is -2.40. The number of sulfonamides is 1. The monoisotopic (exact) mass is 432 g/mol. The Morgan fingerprint density at radius 3 is 2.63 bits per heavy atom. The van der Waals surface area contributed by atoms with Crippen LogP contribution < -0.4 is 14.8 Å². The van der Waals surface area contributed by atoms with E-state index in [2.05, 4.69) is 15.1 Å². The SMILES string of the molecule is COc1ccc(-c2c(C)nn3c2NC(=O)CCC3=O)cc1S(=O)(=O)NC1CCCC1. The molecule has 0 spiro atoms. The summed E-state index contributed by atoms with van der Waals surface area (Å²) in [6.07, 6.45) is 3.76. The second-order valence-corrected chi connectivity index (χ2v) is 9.31. The summed E-state index contributed by atoms with van der Waals surface area (Å²) in [5.74, 6) is -0.0907. The first-order valence-electron chi connectivity index (χ1n) is 9.93. The molecule has 1 aliphatic carbocycles. The van der Waals surface area contributed by atoms with Crippen LogP contribution >= 0.6 is 0 Å². The van der Waals surface area contributed by atoms with Crippen LogP contribution in [-0.4, -0.2) is 43.2 Å². The molecule has 1 saturated carbocycles. The number of carbonyl (C=O) groups excluding carboxylic acids is 2. The van der Waals surface area contributed by atoms with Gasteiger partial charge in [0, 0.05) is 24.4 Å². The highest BCUT2D eigenvalue weighted by molar-refractivity contribution is 7.89. The second kappa shape index (κ2) is 7.84. The Kier molecular flexibility index (Phi) is 5.37. The van der Waals surface area contributed by atoms with Gasteiger partial charge in [-0.2, -0.15) is 9.78 Å². The Bertz CT molecular complexity index is 1120. The molecule has 9 nitrogen and oxygen atoms in total. The number of rotatable bonds is 5. The lowest BCUT2D eigenvalue weighted by Crippen LogP contribution is -2.32. The first-order valence-corrected chi connectivity index (χ1v) is 11.4. The first kappa shape index (κ1) is 20.5. The van der Waals surface area contributed by atoms with Gasteiger partial charge in [-0.3, -0.25) is 9.59 Å². The van der Waals surface area contributed by atoms with E-state index in [9.17, 15) is 18.0 Å². The van der Waals surface area contributed by atoms with Gasteiger partial charge < -0.3 is 10.1 Å². The molecule has 0 radical (unpaired) electrons. The molecule has 1 aromatic carbocycles. The summed E-state index contributed by atoms with van der Waals surface area (Å²) in [4.78, 5) is 24.4. The van der Waals surface area contributed by atoms with Gasteiger partial charge in [-0.1, -0.05) is 18.9 Å². The molecule has 2 N–H and O–H groups in total. The number of aromatic nitrogens is 2. The average Bonchev–Trinajstić information content (AvgIpc) is 3.29. The molecule has 0 unspecified atom stereocenters. The van der Waals surface area contributed by atoms with Crippen LogP contribution in [0.25, 0.3) is 11.1 Å². The van der Waals surface area contributed by atoms with Crippen molar-refractivity contribution in [1.82, 2.24) is 14.5 Å². The van der Waals surface area contributed by atoms with Gasteiger partial charge in [0.05, 0.1) is 12.8 Å². The third-order valence-electron chi connectivity index (χ3n) is 5.54. The Balaban J connectivity index is 1.81. The van der Waals surface area contributed by atoms with Crippen LogP contribution in [0.4, 0.5) is 5.82 Å². The number of aryl methyl sites for hydroxylation is 1. The van der Waals surface area contributed by atoms with Gasteiger partial charge in [-0.25, -0.2) is 13.1 Å². The number of hydrogen-bond acceptors (Lipinski definition) is 6. The van der Waals surface area contributed by atoms with E-state index in [-0.39, 0.29) is 47.2 Å².